The second kappa shape index (κ2) is 6.91. The molecular weight excluding hydrogens is 264 g/mol. The maximum atomic E-state index is 5.37. The number of fused-ring (bicyclic) bond motifs is 1. The maximum Gasteiger partial charge on any atom is 0.198 e. The first-order valence-corrected chi connectivity index (χ1v) is 7.74. The number of nitrogens with one attached hydrogen (secondary N) is 1. The van der Waals surface area contributed by atoms with Gasteiger partial charge in [0.1, 0.15) is 0 Å². The first-order valence-electron chi connectivity index (χ1n) is 7.74. The Morgan fingerprint density at radius 1 is 1.24 bits per heavy atom. The zero-order valence-corrected chi connectivity index (χ0v) is 12.7. The van der Waals surface area contributed by atoms with Gasteiger partial charge in [-0.15, -0.1) is 0 Å². The third-order valence-corrected chi connectivity index (χ3v) is 4.17. The van der Waals surface area contributed by atoms with Gasteiger partial charge in [-0.3, -0.25) is 9.89 Å². The van der Waals surface area contributed by atoms with Gasteiger partial charge >= 0.3 is 0 Å². The summed E-state index contributed by atoms with van der Waals surface area (Å²) < 4.78 is 5.37. The number of morpholine rings is 1. The molecule has 1 N–H and O–H groups in total. The molecular formula is C16H24N4O. The van der Waals surface area contributed by atoms with Gasteiger partial charge in [0.15, 0.2) is 5.96 Å². The highest BCUT2D eigenvalue weighted by molar-refractivity contribution is 5.97. The van der Waals surface area contributed by atoms with E-state index in [1.54, 1.807) is 0 Å². The molecule has 5 nitrogen and oxygen atoms in total. The van der Waals surface area contributed by atoms with Crippen molar-refractivity contribution >= 4 is 11.6 Å². The van der Waals surface area contributed by atoms with Crippen LogP contribution in [0.4, 0.5) is 5.69 Å². The van der Waals surface area contributed by atoms with Crippen molar-refractivity contribution in [3.05, 3.63) is 29.8 Å². The van der Waals surface area contributed by atoms with E-state index in [0.717, 1.165) is 58.3 Å². The van der Waals surface area contributed by atoms with Crippen molar-refractivity contribution in [1.29, 1.82) is 0 Å². The fourth-order valence-electron chi connectivity index (χ4n) is 3.00. The Morgan fingerprint density at radius 3 is 2.86 bits per heavy atom. The smallest absolute Gasteiger partial charge is 0.198 e. The Hall–Kier alpha value is -1.59. The molecule has 0 amide bonds. The van der Waals surface area contributed by atoms with Crippen LogP contribution < -0.4 is 10.2 Å². The lowest BCUT2D eigenvalue weighted by Gasteiger charge is -2.28. The van der Waals surface area contributed by atoms with Crippen molar-refractivity contribution in [3.63, 3.8) is 0 Å². The molecule has 114 valence electrons. The molecule has 0 bridgehead atoms. The van der Waals surface area contributed by atoms with Crippen molar-refractivity contribution in [1.82, 2.24) is 10.2 Å². The third-order valence-electron chi connectivity index (χ3n) is 4.17. The van der Waals surface area contributed by atoms with Crippen LogP contribution in [-0.2, 0) is 11.2 Å². The van der Waals surface area contributed by atoms with E-state index in [9.17, 15) is 0 Å². The Labute approximate surface area is 126 Å². The number of nitrogens with zero attached hydrogens (tertiary/aromatic N) is 3. The van der Waals surface area contributed by atoms with Crippen LogP contribution in [0.5, 0.6) is 0 Å². The number of guanidine groups is 1. The number of hydrogen-bond acceptors (Lipinski definition) is 3. The standard InChI is InChI=1S/C16H24N4O/c1-17-16(18-7-9-19-10-12-21-13-11-19)20-8-6-14-4-2-3-5-15(14)20/h2-5H,6-13H2,1H3,(H,17,18). The maximum absolute atomic E-state index is 5.37. The number of hydrogen-bond donors (Lipinski definition) is 1. The minimum Gasteiger partial charge on any atom is -0.379 e. The summed E-state index contributed by atoms with van der Waals surface area (Å²) >= 11 is 0. The second-order valence-corrected chi connectivity index (χ2v) is 5.46. The van der Waals surface area contributed by atoms with Gasteiger partial charge in [0.2, 0.25) is 0 Å². The Kier molecular flexibility index (Phi) is 4.72. The molecule has 2 aliphatic rings. The van der Waals surface area contributed by atoms with Gasteiger partial charge in [-0.1, -0.05) is 18.2 Å². The molecule has 1 fully saturated rings. The Balaban J connectivity index is 1.54. The van der Waals surface area contributed by atoms with E-state index in [1.807, 2.05) is 7.05 Å². The van der Waals surface area contributed by atoms with Gasteiger partial charge in [-0.25, -0.2) is 0 Å². The molecule has 1 saturated heterocycles. The second-order valence-electron chi connectivity index (χ2n) is 5.46. The Morgan fingerprint density at radius 2 is 2.05 bits per heavy atom. The van der Waals surface area contributed by atoms with Crippen LogP contribution in [0.25, 0.3) is 0 Å². The van der Waals surface area contributed by atoms with Gasteiger partial charge in [-0.2, -0.15) is 0 Å². The zero-order chi connectivity index (χ0) is 14.5. The number of para-hydroxylation sites is 1. The summed E-state index contributed by atoms with van der Waals surface area (Å²) in [6.45, 7) is 6.75. The van der Waals surface area contributed by atoms with Crippen LogP contribution in [0.1, 0.15) is 5.56 Å². The summed E-state index contributed by atoms with van der Waals surface area (Å²) in [7, 11) is 1.86. The van der Waals surface area contributed by atoms with E-state index in [4.69, 9.17) is 4.74 Å². The minimum absolute atomic E-state index is 0.855. The van der Waals surface area contributed by atoms with Crippen molar-refractivity contribution in [2.45, 2.75) is 6.42 Å². The molecule has 2 heterocycles. The molecule has 0 saturated carbocycles. The number of ether oxygens (including phenoxy) is 1. The lowest BCUT2D eigenvalue weighted by atomic mass is 10.2. The van der Waals surface area contributed by atoms with Crippen LogP contribution in [-0.4, -0.2) is 63.8 Å². The van der Waals surface area contributed by atoms with Crippen molar-refractivity contribution in [2.75, 3.05) is 57.9 Å². The number of rotatable bonds is 3. The molecule has 0 atom stereocenters. The van der Waals surface area contributed by atoms with Gasteiger partial charge in [0.25, 0.3) is 0 Å². The summed E-state index contributed by atoms with van der Waals surface area (Å²) in [6, 6.07) is 8.59. The predicted molar refractivity (Wildman–Crippen MR) is 86.1 cm³/mol. The summed E-state index contributed by atoms with van der Waals surface area (Å²) in [5.74, 6) is 0.980. The number of aliphatic imine (C=N–C) groups is 1. The summed E-state index contributed by atoms with van der Waals surface area (Å²) in [5.41, 5.74) is 2.70. The Bertz CT molecular complexity index is 497. The molecule has 0 spiro atoms. The average Bonchev–Trinajstić information content (AvgIpc) is 2.97. The molecule has 0 aliphatic carbocycles. The quantitative estimate of drug-likeness (QED) is 0.664. The molecule has 2 aliphatic heterocycles. The highest BCUT2D eigenvalue weighted by Gasteiger charge is 2.22. The average molecular weight is 288 g/mol. The summed E-state index contributed by atoms with van der Waals surface area (Å²) in [4.78, 5) is 9.16. The SMILES string of the molecule is CN=C(NCCN1CCOCC1)N1CCc2ccccc21. The first-order chi connectivity index (χ1) is 10.4. The lowest BCUT2D eigenvalue weighted by Crippen LogP contribution is -2.45. The van der Waals surface area contributed by atoms with E-state index >= 15 is 0 Å². The molecule has 21 heavy (non-hydrogen) atoms. The van der Waals surface area contributed by atoms with E-state index in [2.05, 4.69) is 44.4 Å². The van der Waals surface area contributed by atoms with E-state index in [1.165, 1.54) is 11.3 Å². The molecule has 1 aromatic rings. The van der Waals surface area contributed by atoms with E-state index in [0.29, 0.717) is 0 Å². The van der Waals surface area contributed by atoms with Crippen molar-refractivity contribution < 1.29 is 4.74 Å². The molecule has 0 aromatic heterocycles. The zero-order valence-electron chi connectivity index (χ0n) is 12.7. The molecule has 5 heteroatoms. The molecule has 3 rings (SSSR count). The molecule has 0 unspecified atom stereocenters. The van der Waals surface area contributed by atoms with Crippen molar-refractivity contribution in [3.8, 4) is 0 Å². The van der Waals surface area contributed by atoms with Crippen molar-refractivity contribution in [2.24, 2.45) is 4.99 Å². The predicted octanol–water partition coefficient (Wildman–Crippen LogP) is 0.957. The third kappa shape index (κ3) is 3.36. The highest BCUT2D eigenvalue weighted by Crippen LogP contribution is 2.27. The fraction of sp³-hybridized carbons (Fsp3) is 0.562. The van der Waals surface area contributed by atoms with E-state index in [-0.39, 0.29) is 0 Å². The van der Waals surface area contributed by atoms with Crippen LogP contribution in [0, 0.1) is 0 Å². The fourth-order valence-corrected chi connectivity index (χ4v) is 3.00. The van der Waals surface area contributed by atoms with Crippen LogP contribution in [0.3, 0.4) is 0 Å². The van der Waals surface area contributed by atoms with Gasteiger partial charge in [0, 0.05) is 45.5 Å². The lowest BCUT2D eigenvalue weighted by molar-refractivity contribution is 0.0389. The molecule has 1 aromatic carbocycles. The normalized spacial score (nSPS) is 19.7. The van der Waals surface area contributed by atoms with Gasteiger partial charge < -0.3 is 15.0 Å². The minimum atomic E-state index is 0.855. The highest BCUT2D eigenvalue weighted by atomic mass is 16.5. The first kappa shape index (κ1) is 14.4. The van der Waals surface area contributed by atoms with Crippen LogP contribution in [0.2, 0.25) is 0 Å². The number of benzene rings is 1. The van der Waals surface area contributed by atoms with Crippen LogP contribution in [0.15, 0.2) is 29.3 Å². The molecule has 0 radical (unpaired) electrons. The number of anilines is 1. The largest absolute Gasteiger partial charge is 0.379 e. The monoisotopic (exact) mass is 288 g/mol. The van der Waals surface area contributed by atoms with E-state index < -0.39 is 0 Å². The van der Waals surface area contributed by atoms with Gasteiger partial charge in [-0.05, 0) is 18.1 Å². The topological polar surface area (TPSA) is 40.1 Å². The van der Waals surface area contributed by atoms with Crippen LogP contribution >= 0.6 is 0 Å². The summed E-state index contributed by atoms with van der Waals surface area (Å²) in [6.07, 6.45) is 1.10. The summed E-state index contributed by atoms with van der Waals surface area (Å²) in [5, 5.41) is 3.49. The van der Waals surface area contributed by atoms with Gasteiger partial charge in [0.05, 0.1) is 13.2 Å².